The number of imidazole rings is 1. The first kappa shape index (κ1) is 26.6. The van der Waals surface area contributed by atoms with Gasteiger partial charge in [-0.25, -0.2) is 15.0 Å². The van der Waals surface area contributed by atoms with Crippen molar-refractivity contribution in [1.82, 2.24) is 24.8 Å². The summed E-state index contributed by atoms with van der Waals surface area (Å²) in [5.41, 5.74) is 3.93. The normalized spacial score (nSPS) is 14.9. The van der Waals surface area contributed by atoms with Gasteiger partial charge >= 0.3 is 0 Å². The van der Waals surface area contributed by atoms with Crippen LogP contribution in [0.15, 0.2) is 97.9 Å². The summed E-state index contributed by atoms with van der Waals surface area (Å²) in [6.07, 6.45) is 12.6. The summed E-state index contributed by atoms with van der Waals surface area (Å²) in [6, 6.07) is 7.92. The molecule has 190 valence electrons. The molecule has 2 aromatic heterocycles. The molecule has 1 saturated heterocycles. The zero-order valence-corrected chi connectivity index (χ0v) is 22.2. The summed E-state index contributed by atoms with van der Waals surface area (Å²) in [4.78, 5) is 16.5. The number of fused-ring (bicyclic) bond motifs is 1. The molecule has 3 heterocycles. The van der Waals surface area contributed by atoms with Crippen LogP contribution in [0.5, 0.6) is 0 Å². The van der Waals surface area contributed by atoms with E-state index in [9.17, 15) is 0 Å². The SMILES string of the molecule is C=C/C=C\C(=C)CNC1CCN(c2ncnc3c2nc(/C(=C/C=C)C(=C)Cl)n3-c2ccc(Cl)cc2)CC1. The molecule has 1 N–H and O–H groups in total. The molecule has 1 aromatic carbocycles. The van der Waals surface area contributed by atoms with Crippen LogP contribution in [0.3, 0.4) is 0 Å². The van der Waals surface area contributed by atoms with Crippen molar-refractivity contribution in [1.29, 1.82) is 0 Å². The number of halogens is 2. The van der Waals surface area contributed by atoms with Crippen LogP contribution in [-0.4, -0.2) is 45.2 Å². The molecular formula is C29H30Cl2N6. The van der Waals surface area contributed by atoms with Crippen LogP contribution >= 0.6 is 23.2 Å². The highest BCUT2D eigenvalue weighted by atomic mass is 35.5. The number of anilines is 1. The van der Waals surface area contributed by atoms with Crippen LogP contribution in [0.25, 0.3) is 22.4 Å². The Balaban J connectivity index is 1.67. The Labute approximate surface area is 228 Å². The maximum Gasteiger partial charge on any atom is 0.170 e. The number of allylic oxidation sites excluding steroid dienone is 6. The molecule has 0 bridgehead atoms. The Bertz CT molecular complexity index is 1380. The lowest BCUT2D eigenvalue weighted by Crippen LogP contribution is -2.43. The van der Waals surface area contributed by atoms with E-state index in [0.717, 1.165) is 49.6 Å². The molecule has 0 radical (unpaired) electrons. The lowest BCUT2D eigenvalue weighted by Gasteiger charge is -2.33. The zero-order valence-electron chi connectivity index (χ0n) is 20.7. The highest BCUT2D eigenvalue weighted by molar-refractivity contribution is 6.36. The van der Waals surface area contributed by atoms with Crippen LogP contribution < -0.4 is 10.2 Å². The number of piperidine rings is 1. The average molecular weight is 534 g/mol. The summed E-state index contributed by atoms with van der Waals surface area (Å²) in [5.74, 6) is 1.41. The lowest BCUT2D eigenvalue weighted by atomic mass is 10.0. The Morgan fingerprint density at radius 3 is 2.46 bits per heavy atom. The zero-order chi connectivity index (χ0) is 26.4. The van der Waals surface area contributed by atoms with Crippen molar-refractivity contribution in [3.63, 3.8) is 0 Å². The van der Waals surface area contributed by atoms with Gasteiger partial charge < -0.3 is 10.2 Å². The summed E-state index contributed by atoms with van der Waals surface area (Å²) < 4.78 is 1.95. The fourth-order valence-corrected chi connectivity index (χ4v) is 4.64. The largest absolute Gasteiger partial charge is 0.355 e. The van der Waals surface area contributed by atoms with Gasteiger partial charge in [0.25, 0.3) is 0 Å². The van der Waals surface area contributed by atoms with Crippen LogP contribution in [0.2, 0.25) is 5.02 Å². The Hall–Kier alpha value is -3.45. The molecule has 3 aromatic rings. The van der Waals surface area contributed by atoms with Crippen molar-refractivity contribution < 1.29 is 0 Å². The highest BCUT2D eigenvalue weighted by Crippen LogP contribution is 2.33. The summed E-state index contributed by atoms with van der Waals surface area (Å²) in [7, 11) is 0. The fraction of sp³-hybridized carbons (Fsp3) is 0.207. The van der Waals surface area contributed by atoms with Gasteiger partial charge in [0.2, 0.25) is 0 Å². The van der Waals surface area contributed by atoms with Gasteiger partial charge in [0.1, 0.15) is 12.2 Å². The second-order valence-electron chi connectivity index (χ2n) is 8.73. The number of nitrogens with zero attached hydrogens (tertiary/aromatic N) is 5. The first-order valence-corrected chi connectivity index (χ1v) is 12.8. The van der Waals surface area contributed by atoms with Gasteiger partial charge in [0.15, 0.2) is 17.0 Å². The molecule has 0 atom stereocenters. The predicted molar refractivity (Wildman–Crippen MR) is 157 cm³/mol. The molecule has 0 saturated carbocycles. The standard InChI is InChI=1S/C29H30Cl2N6/c1-5-7-9-20(3)18-32-23-14-16-36(17-15-23)28-26-29(34-19-33-28)37(24-12-10-22(31)11-13-24)27(35-26)25(8-6-2)21(4)30/h5-13,19,23,32H,1-4,14-18H2/b9-7-,25-8+. The quantitative estimate of drug-likeness (QED) is 0.296. The van der Waals surface area contributed by atoms with Gasteiger partial charge in [-0.3, -0.25) is 4.57 Å². The second kappa shape index (κ2) is 12.2. The molecule has 1 aliphatic heterocycles. The van der Waals surface area contributed by atoms with E-state index in [-0.39, 0.29) is 0 Å². The summed E-state index contributed by atoms with van der Waals surface area (Å²) >= 11 is 12.6. The molecule has 8 heteroatoms. The molecule has 37 heavy (non-hydrogen) atoms. The Morgan fingerprint density at radius 2 is 1.81 bits per heavy atom. The van der Waals surface area contributed by atoms with Crippen molar-refractivity contribution in [3.05, 3.63) is 109 Å². The predicted octanol–water partition coefficient (Wildman–Crippen LogP) is 6.65. The third-order valence-corrected chi connectivity index (χ3v) is 6.66. The van der Waals surface area contributed by atoms with Gasteiger partial charge in [-0.2, -0.15) is 0 Å². The molecule has 0 amide bonds. The van der Waals surface area contributed by atoms with E-state index < -0.39 is 0 Å². The van der Waals surface area contributed by atoms with Crippen molar-refractivity contribution in [2.24, 2.45) is 0 Å². The smallest absolute Gasteiger partial charge is 0.170 e. The van der Waals surface area contributed by atoms with Gasteiger partial charge in [0.05, 0.1) is 0 Å². The molecule has 4 rings (SSSR count). The minimum Gasteiger partial charge on any atom is -0.355 e. The van der Waals surface area contributed by atoms with Crippen LogP contribution in [0.1, 0.15) is 18.7 Å². The van der Waals surface area contributed by atoms with Crippen molar-refractivity contribution >= 4 is 45.8 Å². The molecule has 0 unspecified atom stereocenters. The Kier molecular flexibility index (Phi) is 8.77. The van der Waals surface area contributed by atoms with Gasteiger partial charge in [-0.1, -0.05) is 79.9 Å². The van der Waals surface area contributed by atoms with Gasteiger partial charge in [-0.05, 0) is 42.7 Å². The average Bonchev–Trinajstić information content (AvgIpc) is 3.29. The van der Waals surface area contributed by atoms with E-state index in [1.807, 2.05) is 41.0 Å². The van der Waals surface area contributed by atoms with Gasteiger partial charge in [0, 0.05) is 47.0 Å². The number of aromatic nitrogens is 4. The van der Waals surface area contributed by atoms with Crippen molar-refractivity contribution in [2.75, 3.05) is 24.5 Å². The molecular weight excluding hydrogens is 503 g/mol. The molecule has 1 fully saturated rings. The van der Waals surface area contributed by atoms with E-state index in [2.05, 4.69) is 46.5 Å². The summed E-state index contributed by atoms with van der Waals surface area (Å²) in [6.45, 7) is 18.0. The number of hydrogen-bond donors (Lipinski definition) is 1. The van der Waals surface area contributed by atoms with E-state index in [4.69, 9.17) is 28.2 Å². The minimum absolute atomic E-state index is 0.358. The van der Waals surface area contributed by atoms with Crippen LogP contribution in [0, 0.1) is 0 Å². The van der Waals surface area contributed by atoms with Crippen molar-refractivity contribution in [2.45, 2.75) is 18.9 Å². The van der Waals surface area contributed by atoms with Crippen LogP contribution in [0.4, 0.5) is 5.82 Å². The third kappa shape index (κ3) is 6.10. The minimum atomic E-state index is 0.358. The first-order valence-electron chi connectivity index (χ1n) is 12.1. The molecule has 0 aliphatic carbocycles. The number of benzene rings is 1. The summed E-state index contributed by atoms with van der Waals surface area (Å²) in [5, 5.41) is 4.61. The van der Waals surface area contributed by atoms with Crippen molar-refractivity contribution in [3.8, 4) is 5.69 Å². The van der Waals surface area contributed by atoms with Crippen LogP contribution in [-0.2, 0) is 0 Å². The maximum atomic E-state index is 6.40. The van der Waals surface area contributed by atoms with Gasteiger partial charge in [-0.15, -0.1) is 0 Å². The van der Waals surface area contributed by atoms with E-state index in [1.54, 1.807) is 24.6 Å². The number of nitrogens with one attached hydrogen (secondary N) is 1. The monoisotopic (exact) mass is 532 g/mol. The molecule has 0 spiro atoms. The van der Waals surface area contributed by atoms with E-state index in [0.29, 0.717) is 38.7 Å². The lowest BCUT2D eigenvalue weighted by molar-refractivity contribution is 0.427. The number of rotatable bonds is 10. The maximum absolute atomic E-state index is 6.40. The highest BCUT2D eigenvalue weighted by Gasteiger charge is 2.26. The van der Waals surface area contributed by atoms with E-state index >= 15 is 0 Å². The van der Waals surface area contributed by atoms with E-state index in [1.165, 1.54) is 0 Å². The Morgan fingerprint density at radius 1 is 1.08 bits per heavy atom. The fourth-order valence-electron chi connectivity index (χ4n) is 4.37. The topological polar surface area (TPSA) is 58.9 Å². The molecule has 1 aliphatic rings. The third-order valence-electron chi connectivity index (χ3n) is 6.21. The number of hydrogen-bond acceptors (Lipinski definition) is 5. The molecule has 6 nitrogen and oxygen atoms in total. The second-order valence-corrected chi connectivity index (χ2v) is 9.63. The first-order chi connectivity index (χ1) is 17.9.